The van der Waals surface area contributed by atoms with E-state index in [-0.39, 0.29) is 24.1 Å². The van der Waals surface area contributed by atoms with Gasteiger partial charge in [0.05, 0.1) is 13.4 Å². The molecule has 1 amide bonds. The number of amides is 1. The van der Waals surface area contributed by atoms with E-state index in [1.807, 2.05) is 0 Å². The van der Waals surface area contributed by atoms with Gasteiger partial charge < -0.3 is 19.2 Å². The van der Waals surface area contributed by atoms with Gasteiger partial charge in [0.2, 0.25) is 0 Å². The largest absolute Gasteiger partial charge is 0.496 e. The molecule has 6 heteroatoms. The van der Waals surface area contributed by atoms with Gasteiger partial charge in [-0.2, -0.15) is 0 Å². The Hall–Kier alpha value is -3.54. The molecule has 0 radical (unpaired) electrons. The highest BCUT2D eigenvalue weighted by Gasteiger charge is 2.10. The molecule has 3 aromatic rings. The van der Waals surface area contributed by atoms with Gasteiger partial charge in [-0.3, -0.25) is 9.59 Å². The molecule has 3 rings (SSSR count). The van der Waals surface area contributed by atoms with E-state index in [4.69, 9.17) is 13.9 Å². The van der Waals surface area contributed by atoms with Crippen LogP contribution in [0.25, 0.3) is 0 Å². The highest BCUT2D eigenvalue weighted by atomic mass is 16.5. The van der Waals surface area contributed by atoms with Crippen molar-refractivity contribution in [3.05, 3.63) is 77.7 Å². The van der Waals surface area contributed by atoms with Crippen LogP contribution < -0.4 is 14.8 Å². The standard InChI is InChI=1S/C21H19NO5/c1-14(23)15-5-10-19(25-2)16(12-15)13-27-18-8-6-17(7-9-18)22-21(24)20-4-3-11-26-20/h3-12H,13H2,1-2H3,(H,22,24). The molecule has 0 fully saturated rings. The molecule has 1 aromatic heterocycles. The third kappa shape index (κ3) is 4.55. The zero-order chi connectivity index (χ0) is 19.2. The van der Waals surface area contributed by atoms with Crippen LogP contribution in [0.3, 0.4) is 0 Å². The summed E-state index contributed by atoms with van der Waals surface area (Å²) in [5.74, 6) is 1.19. The number of hydrogen-bond donors (Lipinski definition) is 1. The first-order valence-electron chi connectivity index (χ1n) is 8.32. The van der Waals surface area contributed by atoms with Crippen molar-refractivity contribution in [3.8, 4) is 11.5 Å². The number of furan rings is 1. The Morgan fingerprint density at radius 3 is 2.48 bits per heavy atom. The lowest BCUT2D eigenvalue weighted by Crippen LogP contribution is -2.10. The van der Waals surface area contributed by atoms with Crippen molar-refractivity contribution < 1.29 is 23.5 Å². The average Bonchev–Trinajstić information content (AvgIpc) is 3.22. The molecule has 0 aliphatic heterocycles. The summed E-state index contributed by atoms with van der Waals surface area (Å²) in [6.45, 7) is 1.77. The topological polar surface area (TPSA) is 77.8 Å². The first-order chi connectivity index (χ1) is 13.1. The molecule has 0 bridgehead atoms. The minimum atomic E-state index is -0.320. The minimum absolute atomic E-state index is 0.0180. The maximum atomic E-state index is 12.0. The SMILES string of the molecule is COc1ccc(C(C)=O)cc1COc1ccc(NC(=O)c2ccco2)cc1. The smallest absolute Gasteiger partial charge is 0.291 e. The van der Waals surface area contributed by atoms with E-state index in [9.17, 15) is 9.59 Å². The zero-order valence-corrected chi connectivity index (χ0v) is 15.0. The van der Waals surface area contributed by atoms with Crippen LogP contribution in [0.4, 0.5) is 5.69 Å². The molecule has 0 spiro atoms. The highest BCUT2D eigenvalue weighted by molar-refractivity contribution is 6.02. The fourth-order valence-corrected chi connectivity index (χ4v) is 2.51. The van der Waals surface area contributed by atoms with E-state index in [2.05, 4.69) is 5.32 Å². The van der Waals surface area contributed by atoms with E-state index in [0.29, 0.717) is 22.7 Å². The monoisotopic (exact) mass is 365 g/mol. The van der Waals surface area contributed by atoms with Crippen molar-refractivity contribution in [3.63, 3.8) is 0 Å². The fourth-order valence-electron chi connectivity index (χ4n) is 2.51. The molecule has 6 nitrogen and oxygen atoms in total. The van der Waals surface area contributed by atoms with E-state index < -0.39 is 0 Å². The summed E-state index contributed by atoms with van der Waals surface area (Å²) in [5.41, 5.74) is 2.01. The van der Waals surface area contributed by atoms with Gasteiger partial charge in [0.15, 0.2) is 11.5 Å². The van der Waals surface area contributed by atoms with Gasteiger partial charge in [-0.15, -0.1) is 0 Å². The molecule has 27 heavy (non-hydrogen) atoms. The number of anilines is 1. The second kappa shape index (κ2) is 8.23. The van der Waals surface area contributed by atoms with Crippen molar-refractivity contribution in [2.75, 3.05) is 12.4 Å². The number of nitrogens with one attached hydrogen (secondary N) is 1. The van der Waals surface area contributed by atoms with Crippen molar-refractivity contribution >= 4 is 17.4 Å². The lowest BCUT2D eigenvalue weighted by Gasteiger charge is -2.12. The molecule has 138 valence electrons. The minimum Gasteiger partial charge on any atom is -0.496 e. The lowest BCUT2D eigenvalue weighted by atomic mass is 10.1. The summed E-state index contributed by atoms with van der Waals surface area (Å²) in [6, 6.07) is 15.5. The van der Waals surface area contributed by atoms with Crippen LogP contribution in [-0.4, -0.2) is 18.8 Å². The predicted molar refractivity (Wildman–Crippen MR) is 100 cm³/mol. The van der Waals surface area contributed by atoms with E-state index in [1.165, 1.54) is 13.2 Å². The van der Waals surface area contributed by atoms with Crippen LogP contribution >= 0.6 is 0 Å². The molecule has 0 saturated heterocycles. The summed E-state index contributed by atoms with van der Waals surface area (Å²) in [5, 5.41) is 2.74. The molecule has 1 N–H and O–H groups in total. The van der Waals surface area contributed by atoms with Gasteiger partial charge in [-0.25, -0.2) is 0 Å². The molecule has 2 aromatic carbocycles. The van der Waals surface area contributed by atoms with Gasteiger partial charge in [0.1, 0.15) is 18.1 Å². The van der Waals surface area contributed by atoms with Crippen LogP contribution in [-0.2, 0) is 6.61 Å². The van der Waals surface area contributed by atoms with Gasteiger partial charge in [0, 0.05) is 16.8 Å². The number of methoxy groups -OCH3 is 1. The van der Waals surface area contributed by atoms with Gasteiger partial charge in [0.25, 0.3) is 5.91 Å². The van der Waals surface area contributed by atoms with Crippen molar-refractivity contribution in [1.82, 2.24) is 0 Å². The Balaban J connectivity index is 1.64. The van der Waals surface area contributed by atoms with Crippen LogP contribution in [0.2, 0.25) is 0 Å². The van der Waals surface area contributed by atoms with Gasteiger partial charge in [-0.1, -0.05) is 0 Å². The fraction of sp³-hybridized carbons (Fsp3) is 0.143. The summed E-state index contributed by atoms with van der Waals surface area (Å²) in [7, 11) is 1.57. The van der Waals surface area contributed by atoms with Crippen LogP contribution in [0.5, 0.6) is 11.5 Å². The predicted octanol–water partition coefficient (Wildman–Crippen LogP) is 4.32. The number of carbonyl (C=O) groups is 2. The maximum Gasteiger partial charge on any atom is 0.291 e. The van der Waals surface area contributed by atoms with Crippen molar-refractivity contribution in [2.45, 2.75) is 13.5 Å². The number of benzene rings is 2. The Kier molecular flexibility index (Phi) is 5.56. The summed E-state index contributed by atoms with van der Waals surface area (Å²) < 4.78 is 16.2. The molecular weight excluding hydrogens is 346 g/mol. The zero-order valence-electron chi connectivity index (χ0n) is 15.0. The molecule has 0 atom stereocenters. The lowest BCUT2D eigenvalue weighted by molar-refractivity contribution is 0.0993. The Labute approximate surface area is 156 Å². The third-order valence-corrected chi connectivity index (χ3v) is 3.94. The summed E-state index contributed by atoms with van der Waals surface area (Å²) >= 11 is 0. The van der Waals surface area contributed by atoms with Crippen LogP contribution in [0.15, 0.2) is 65.3 Å². The summed E-state index contributed by atoms with van der Waals surface area (Å²) in [4.78, 5) is 23.5. The number of ketones is 1. The van der Waals surface area contributed by atoms with E-state index in [0.717, 1.165) is 5.56 Å². The number of ether oxygens (including phenoxy) is 2. The average molecular weight is 365 g/mol. The van der Waals surface area contributed by atoms with E-state index in [1.54, 1.807) is 61.7 Å². The number of rotatable bonds is 7. The Bertz CT molecular complexity index is 930. The number of hydrogen-bond acceptors (Lipinski definition) is 5. The van der Waals surface area contributed by atoms with Crippen molar-refractivity contribution in [2.24, 2.45) is 0 Å². The maximum absolute atomic E-state index is 12.0. The summed E-state index contributed by atoms with van der Waals surface area (Å²) in [6.07, 6.45) is 1.45. The second-order valence-corrected chi connectivity index (χ2v) is 5.83. The third-order valence-electron chi connectivity index (χ3n) is 3.94. The molecule has 0 saturated carbocycles. The van der Waals surface area contributed by atoms with Crippen molar-refractivity contribution in [1.29, 1.82) is 0 Å². The molecule has 0 unspecified atom stereocenters. The number of carbonyl (C=O) groups excluding carboxylic acids is 2. The number of Topliss-reactive ketones (excluding diaryl/α,β-unsaturated/α-hetero) is 1. The van der Waals surface area contributed by atoms with Gasteiger partial charge >= 0.3 is 0 Å². The molecule has 0 aliphatic carbocycles. The normalized spacial score (nSPS) is 10.3. The van der Waals surface area contributed by atoms with Crippen LogP contribution in [0.1, 0.15) is 33.4 Å². The first kappa shape index (κ1) is 18.3. The van der Waals surface area contributed by atoms with Gasteiger partial charge in [-0.05, 0) is 61.5 Å². The molecule has 0 aliphatic rings. The first-order valence-corrected chi connectivity index (χ1v) is 8.32. The quantitative estimate of drug-likeness (QED) is 0.631. The van der Waals surface area contributed by atoms with Crippen LogP contribution in [0, 0.1) is 0 Å². The van der Waals surface area contributed by atoms with E-state index >= 15 is 0 Å². The Morgan fingerprint density at radius 1 is 1.07 bits per heavy atom. The highest BCUT2D eigenvalue weighted by Crippen LogP contribution is 2.23. The molecular formula is C21H19NO5. The second-order valence-electron chi connectivity index (χ2n) is 5.83. The Morgan fingerprint density at radius 2 is 1.85 bits per heavy atom. The molecule has 1 heterocycles.